The molecule has 3 aromatic rings. The number of amides is 2. The summed E-state index contributed by atoms with van der Waals surface area (Å²) in [4.78, 5) is 40.2. The Bertz CT molecular complexity index is 1710. The molecule has 1 fully saturated rings. The molecule has 0 aliphatic carbocycles. The van der Waals surface area contributed by atoms with Crippen LogP contribution in [0, 0.1) is 19.3 Å². The van der Waals surface area contributed by atoms with Crippen molar-refractivity contribution in [3.8, 4) is 17.1 Å². The normalized spacial score (nSPS) is 21.7. The van der Waals surface area contributed by atoms with Crippen molar-refractivity contribution < 1.29 is 27.5 Å². The predicted octanol–water partition coefficient (Wildman–Crippen LogP) is 4.84. The largest absolute Gasteiger partial charge is 0.475 e. The monoisotopic (exact) mass is 649 g/mol. The van der Waals surface area contributed by atoms with E-state index in [1.54, 1.807) is 17.0 Å². The van der Waals surface area contributed by atoms with Crippen LogP contribution in [0.5, 0.6) is 5.88 Å². The molecular weight excluding hydrogens is 606 g/mol. The lowest BCUT2D eigenvalue weighted by Gasteiger charge is -2.39. The van der Waals surface area contributed by atoms with Crippen LogP contribution in [0.1, 0.15) is 62.5 Å². The minimum atomic E-state index is -4.20. The molecule has 0 saturated carbocycles. The van der Waals surface area contributed by atoms with Gasteiger partial charge in [-0.15, -0.1) is 0 Å². The number of nitrogens with one attached hydrogen (secondary N) is 1. The first kappa shape index (κ1) is 33.3. The van der Waals surface area contributed by atoms with Crippen LogP contribution in [0.2, 0.25) is 0 Å². The van der Waals surface area contributed by atoms with Crippen LogP contribution in [0.15, 0.2) is 53.4 Å². The number of nitrogens with zero attached hydrogens (tertiary/aromatic N) is 4. The second-order valence-electron chi connectivity index (χ2n) is 13.5. The Hall–Kier alpha value is -4.03. The maximum absolute atomic E-state index is 14.3. The van der Waals surface area contributed by atoms with Crippen molar-refractivity contribution in [1.29, 1.82) is 0 Å². The van der Waals surface area contributed by atoms with E-state index in [-0.39, 0.29) is 59.0 Å². The Labute approximate surface area is 271 Å². The number of hydrogen-bond donors (Lipinski definition) is 1. The highest BCUT2D eigenvalue weighted by Crippen LogP contribution is 2.31. The number of aromatic nitrogens is 2. The van der Waals surface area contributed by atoms with Crippen LogP contribution in [0.3, 0.4) is 0 Å². The van der Waals surface area contributed by atoms with Gasteiger partial charge in [0, 0.05) is 30.3 Å². The van der Waals surface area contributed by atoms with Crippen LogP contribution in [0.25, 0.3) is 11.3 Å². The smallest absolute Gasteiger partial charge is 0.264 e. The Kier molecular flexibility index (Phi) is 9.42. The maximum Gasteiger partial charge on any atom is 0.264 e. The second-order valence-corrected chi connectivity index (χ2v) is 15.2. The number of carbonyl (C=O) groups is 2. The number of aryl methyl sites for hydroxylation is 2. The lowest BCUT2D eigenvalue weighted by atomic mass is 9.87. The summed E-state index contributed by atoms with van der Waals surface area (Å²) < 4.78 is 41.8. The third kappa shape index (κ3) is 7.67. The minimum absolute atomic E-state index is 0.0152. The Balaban J connectivity index is 1.63. The molecule has 0 unspecified atom stereocenters. The fourth-order valence-corrected chi connectivity index (χ4v) is 7.16. The van der Waals surface area contributed by atoms with Gasteiger partial charge in [-0.3, -0.25) is 9.59 Å². The topological polar surface area (TPSA) is 131 Å². The number of hydrogen-bond acceptors (Lipinski definition) is 8. The summed E-state index contributed by atoms with van der Waals surface area (Å²) in [6, 6.07) is 12.8. The van der Waals surface area contributed by atoms with Crippen LogP contribution >= 0.6 is 0 Å². The molecule has 3 atom stereocenters. The first-order valence-electron chi connectivity index (χ1n) is 15.6. The van der Waals surface area contributed by atoms with Gasteiger partial charge >= 0.3 is 0 Å². The molecule has 1 aromatic heterocycles. The lowest BCUT2D eigenvalue weighted by molar-refractivity contribution is -0.144. The van der Waals surface area contributed by atoms with Crippen molar-refractivity contribution in [2.45, 2.75) is 78.0 Å². The molecule has 246 valence electrons. The van der Waals surface area contributed by atoms with Gasteiger partial charge in [0.1, 0.15) is 13.2 Å². The molecule has 2 aliphatic heterocycles. The summed E-state index contributed by atoms with van der Waals surface area (Å²) >= 11 is 0. The minimum Gasteiger partial charge on any atom is -0.475 e. The molecule has 1 N–H and O–H groups in total. The Morgan fingerprint density at radius 3 is 2.30 bits per heavy atom. The van der Waals surface area contributed by atoms with Crippen LogP contribution in [-0.2, 0) is 19.6 Å². The van der Waals surface area contributed by atoms with E-state index in [0.717, 1.165) is 16.7 Å². The van der Waals surface area contributed by atoms with Gasteiger partial charge in [-0.2, -0.15) is 4.98 Å². The SMILES string of the molecule is Cc1cccc(C)c1-c1cc2nc(n1)NS(=O)(=O)c1cccc(c1)C(=O)N(CC(=O)N1C[C@H](C)O[C@@H](C)C1)[C@H](CC(C)(C)C)CO2. The van der Waals surface area contributed by atoms with Gasteiger partial charge in [0.15, 0.2) is 0 Å². The zero-order valence-corrected chi connectivity index (χ0v) is 28.3. The standard InChI is InChI=1S/C34H43N5O6S/c1-21-10-8-11-22(2)31(21)28-15-29-36-33(35-28)37-46(42,43)27-13-9-12-25(14-27)32(41)39(26(20-44-29)16-34(5,6)7)19-30(40)38-17-23(3)45-24(4)18-38/h8-15,23-24,26H,16-20H2,1-7H3,(H,35,36,37)/t23-,24-,26+/m0/s1. The number of sulfonamides is 1. The zero-order chi connectivity index (χ0) is 33.4. The second kappa shape index (κ2) is 13.0. The van der Waals surface area contributed by atoms with E-state index in [9.17, 15) is 18.0 Å². The first-order valence-corrected chi connectivity index (χ1v) is 17.0. The third-order valence-corrected chi connectivity index (χ3v) is 9.43. The molecule has 46 heavy (non-hydrogen) atoms. The zero-order valence-electron chi connectivity index (χ0n) is 27.5. The third-order valence-electron chi connectivity index (χ3n) is 8.11. The molecule has 11 nitrogen and oxygen atoms in total. The van der Waals surface area contributed by atoms with Gasteiger partial charge in [0.05, 0.1) is 28.8 Å². The predicted molar refractivity (Wildman–Crippen MR) is 175 cm³/mol. The summed E-state index contributed by atoms with van der Waals surface area (Å²) in [7, 11) is -4.20. The molecule has 4 bridgehead atoms. The van der Waals surface area contributed by atoms with Gasteiger partial charge in [-0.25, -0.2) is 18.1 Å². The summed E-state index contributed by atoms with van der Waals surface area (Å²) in [5, 5.41) is 0. The molecule has 2 aromatic carbocycles. The molecule has 2 aliphatic rings. The van der Waals surface area contributed by atoms with E-state index < -0.39 is 22.0 Å². The highest BCUT2D eigenvalue weighted by atomic mass is 32.2. The van der Waals surface area contributed by atoms with Crippen molar-refractivity contribution in [2.75, 3.05) is 31.0 Å². The summed E-state index contributed by atoms with van der Waals surface area (Å²) in [6.45, 7) is 14.6. The molecule has 5 rings (SSSR count). The first-order chi connectivity index (χ1) is 21.6. The van der Waals surface area contributed by atoms with E-state index >= 15 is 0 Å². The number of benzene rings is 2. The number of ether oxygens (including phenoxy) is 2. The van der Waals surface area contributed by atoms with Gasteiger partial charge in [0.2, 0.25) is 17.7 Å². The van der Waals surface area contributed by atoms with Crippen LogP contribution in [-0.4, -0.2) is 84.5 Å². The Morgan fingerprint density at radius 2 is 1.65 bits per heavy atom. The van der Waals surface area contributed by atoms with Crippen molar-refractivity contribution in [3.63, 3.8) is 0 Å². The van der Waals surface area contributed by atoms with E-state index in [1.165, 1.54) is 23.1 Å². The van der Waals surface area contributed by atoms with Crippen molar-refractivity contribution >= 4 is 27.8 Å². The number of rotatable bonds is 4. The fourth-order valence-electron chi connectivity index (χ4n) is 6.17. The van der Waals surface area contributed by atoms with E-state index in [4.69, 9.17) is 9.47 Å². The number of anilines is 1. The molecule has 2 amide bonds. The summed E-state index contributed by atoms with van der Waals surface area (Å²) in [5.41, 5.74) is 3.13. The van der Waals surface area contributed by atoms with E-state index in [2.05, 4.69) is 35.5 Å². The summed E-state index contributed by atoms with van der Waals surface area (Å²) in [5.74, 6) is -0.692. The van der Waals surface area contributed by atoms with Crippen LogP contribution < -0.4 is 9.46 Å². The highest BCUT2D eigenvalue weighted by molar-refractivity contribution is 7.92. The molecule has 0 radical (unpaired) electrons. The number of carbonyl (C=O) groups excluding carboxylic acids is 2. The van der Waals surface area contributed by atoms with Gasteiger partial charge in [-0.1, -0.05) is 45.0 Å². The average molecular weight is 650 g/mol. The molecule has 0 spiro atoms. The molecule has 1 saturated heterocycles. The van der Waals surface area contributed by atoms with Crippen molar-refractivity contribution in [3.05, 3.63) is 65.2 Å². The van der Waals surface area contributed by atoms with Gasteiger partial charge in [0.25, 0.3) is 15.9 Å². The van der Waals surface area contributed by atoms with Crippen molar-refractivity contribution in [1.82, 2.24) is 19.8 Å². The van der Waals surface area contributed by atoms with Crippen LogP contribution in [0.4, 0.5) is 5.95 Å². The highest BCUT2D eigenvalue weighted by Gasteiger charge is 2.35. The number of fused-ring (bicyclic) bond motifs is 4. The Morgan fingerprint density at radius 1 is 1.00 bits per heavy atom. The quantitative estimate of drug-likeness (QED) is 0.425. The molecule has 12 heteroatoms. The van der Waals surface area contributed by atoms with Crippen molar-refractivity contribution in [2.24, 2.45) is 5.41 Å². The molecular formula is C34H43N5O6S. The van der Waals surface area contributed by atoms with Gasteiger partial charge in [-0.05, 0) is 68.9 Å². The number of morpholine rings is 1. The maximum atomic E-state index is 14.3. The average Bonchev–Trinajstić information content (AvgIpc) is 2.96. The van der Waals surface area contributed by atoms with E-state index in [0.29, 0.717) is 25.2 Å². The van der Waals surface area contributed by atoms with E-state index in [1.807, 2.05) is 45.9 Å². The fraction of sp³-hybridized carbons (Fsp3) is 0.471. The van der Waals surface area contributed by atoms with Gasteiger partial charge < -0.3 is 19.3 Å². The lowest BCUT2D eigenvalue weighted by Crippen LogP contribution is -2.54. The summed E-state index contributed by atoms with van der Waals surface area (Å²) in [6.07, 6.45) is 0.221. The molecule has 3 heterocycles.